The number of hydrogen-bond acceptors (Lipinski definition) is 6. The molecule has 1 aliphatic heterocycles. The maximum atomic E-state index is 10.8. The first kappa shape index (κ1) is 13.2. The lowest BCUT2D eigenvalue weighted by atomic mass is 10.2. The Bertz CT molecular complexity index is 721. The van der Waals surface area contributed by atoms with Crippen molar-refractivity contribution in [2.45, 2.75) is 26.3 Å². The molecule has 0 unspecified atom stereocenters. The predicted octanol–water partition coefficient (Wildman–Crippen LogP) is 4.06. The summed E-state index contributed by atoms with van der Waals surface area (Å²) in [6, 6.07) is 4.49. The molecular weight excluding hydrogens is 272 g/mol. The lowest BCUT2D eigenvalue weighted by Crippen LogP contribution is -2.04. The van der Waals surface area contributed by atoms with Crippen LogP contribution >= 0.6 is 0 Å². The van der Waals surface area contributed by atoms with E-state index in [1.54, 1.807) is 12.3 Å². The van der Waals surface area contributed by atoms with Crippen molar-refractivity contribution in [3.63, 3.8) is 0 Å². The van der Waals surface area contributed by atoms with Crippen LogP contribution in [-0.4, -0.2) is 14.7 Å². The lowest BCUT2D eigenvalue weighted by molar-refractivity contribution is -0.384. The van der Waals surface area contributed by atoms with Crippen molar-refractivity contribution >= 4 is 28.6 Å². The number of nitro groups is 1. The van der Waals surface area contributed by atoms with Crippen LogP contribution in [0, 0.1) is 10.1 Å². The summed E-state index contributed by atoms with van der Waals surface area (Å²) in [7, 11) is 0. The van der Waals surface area contributed by atoms with Crippen LogP contribution in [0.3, 0.4) is 0 Å². The van der Waals surface area contributed by atoms with Crippen LogP contribution in [0.5, 0.6) is 0 Å². The molecule has 1 aromatic heterocycles. The fourth-order valence-corrected chi connectivity index (χ4v) is 2.11. The van der Waals surface area contributed by atoms with Crippen LogP contribution in [-0.2, 0) is 6.54 Å². The highest BCUT2D eigenvalue weighted by Crippen LogP contribution is 2.39. The first-order valence-corrected chi connectivity index (χ1v) is 6.72. The van der Waals surface area contributed by atoms with E-state index in [0.717, 1.165) is 25.2 Å². The number of azo groups is 1. The summed E-state index contributed by atoms with van der Waals surface area (Å²) in [5.74, 6) is 0.764. The summed E-state index contributed by atoms with van der Waals surface area (Å²) in [6.07, 6.45) is 3.72. The molecule has 21 heavy (non-hydrogen) atoms. The number of rotatable bonds is 4. The summed E-state index contributed by atoms with van der Waals surface area (Å²) in [5, 5.41) is 26.5. The van der Waals surface area contributed by atoms with E-state index in [4.69, 9.17) is 0 Å². The molecule has 108 valence electrons. The summed E-state index contributed by atoms with van der Waals surface area (Å²) in [6.45, 7) is 2.90. The van der Waals surface area contributed by atoms with Crippen LogP contribution in [0.15, 0.2) is 34.6 Å². The first-order valence-electron chi connectivity index (χ1n) is 6.72. The minimum absolute atomic E-state index is 0.00642. The van der Waals surface area contributed by atoms with E-state index >= 15 is 0 Å². The number of benzene rings is 1. The van der Waals surface area contributed by atoms with Crippen LogP contribution in [0.25, 0.3) is 0 Å². The lowest BCUT2D eigenvalue weighted by Gasteiger charge is -2.09. The van der Waals surface area contributed by atoms with Crippen molar-refractivity contribution < 1.29 is 4.92 Å². The van der Waals surface area contributed by atoms with Gasteiger partial charge in [-0.3, -0.25) is 10.1 Å². The molecule has 0 fully saturated rings. The Morgan fingerprint density at radius 2 is 2.14 bits per heavy atom. The van der Waals surface area contributed by atoms with Gasteiger partial charge in [0.2, 0.25) is 0 Å². The second kappa shape index (κ2) is 5.31. The van der Waals surface area contributed by atoms with E-state index in [1.165, 1.54) is 12.1 Å². The fraction of sp³-hybridized carbons (Fsp3) is 0.308. The van der Waals surface area contributed by atoms with E-state index in [0.29, 0.717) is 17.1 Å². The molecule has 2 aromatic rings. The van der Waals surface area contributed by atoms with Gasteiger partial charge in [-0.25, -0.2) is 4.68 Å². The number of non-ortho nitro benzene ring substituents is 1. The average molecular weight is 286 g/mol. The largest absolute Gasteiger partial charge is 0.337 e. The van der Waals surface area contributed by atoms with Gasteiger partial charge in [-0.1, -0.05) is 13.3 Å². The van der Waals surface area contributed by atoms with Crippen molar-refractivity contribution in [3.05, 3.63) is 34.5 Å². The van der Waals surface area contributed by atoms with Gasteiger partial charge in [0, 0.05) is 18.7 Å². The maximum Gasteiger partial charge on any atom is 0.271 e. The molecule has 0 amide bonds. The number of aryl methyl sites for hydroxylation is 1. The molecule has 0 spiro atoms. The van der Waals surface area contributed by atoms with Gasteiger partial charge >= 0.3 is 0 Å². The van der Waals surface area contributed by atoms with Gasteiger partial charge in [0.15, 0.2) is 5.82 Å². The summed E-state index contributed by atoms with van der Waals surface area (Å²) in [4.78, 5) is 10.4. The van der Waals surface area contributed by atoms with E-state index in [-0.39, 0.29) is 5.69 Å². The molecule has 3 rings (SSSR count). The van der Waals surface area contributed by atoms with E-state index < -0.39 is 4.92 Å². The number of anilines is 2. The van der Waals surface area contributed by atoms with Crippen molar-refractivity contribution in [2.75, 3.05) is 5.32 Å². The average Bonchev–Trinajstić information content (AvgIpc) is 2.76. The molecule has 0 bridgehead atoms. The van der Waals surface area contributed by atoms with Crippen molar-refractivity contribution in [1.29, 1.82) is 0 Å². The van der Waals surface area contributed by atoms with Gasteiger partial charge in [-0.2, -0.15) is 5.10 Å². The van der Waals surface area contributed by atoms with Gasteiger partial charge < -0.3 is 5.32 Å². The molecule has 1 aliphatic rings. The third-order valence-corrected chi connectivity index (χ3v) is 3.25. The molecule has 0 saturated heterocycles. The quantitative estimate of drug-likeness (QED) is 0.577. The molecular formula is C13H14N6O2. The van der Waals surface area contributed by atoms with Gasteiger partial charge in [0.05, 0.1) is 16.8 Å². The molecule has 1 aromatic carbocycles. The monoisotopic (exact) mass is 286 g/mol. The Balaban J connectivity index is 1.98. The number of unbranched alkanes of at least 4 members (excludes halogenated alkanes) is 1. The van der Waals surface area contributed by atoms with Crippen LogP contribution in [0.1, 0.15) is 19.8 Å². The molecule has 0 atom stereocenters. The Morgan fingerprint density at radius 1 is 1.33 bits per heavy atom. The van der Waals surface area contributed by atoms with Crippen LogP contribution in [0.2, 0.25) is 0 Å². The second-order valence-electron chi connectivity index (χ2n) is 4.74. The molecule has 8 heteroatoms. The minimum atomic E-state index is -0.448. The summed E-state index contributed by atoms with van der Waals surface area (Å²) >= 11 is 0. The van der Waals surface area contributed by atoms with Crippen LogP contribution < -0.4 is 5.32 Å². The SMILES string of the molecule is CCCCn1ncc2c1Nc1ccc([N+](=O)[O-])cc1N=N2. The van der Waals surface area contributed by atoms with Gasteiger partial charge in [-0.05, 0) is 12.5 Å². The molecule has 0 radical (unpaired) electrons. The smallest absolute Gasteiger partial charge is 0.271 e. The molecule has 0 saturated carbocycles. The van der Waals surface area contributed by atoms with Gasteiger partial charge in [0.1, 0.15) is 11.4 Å². The second-order valence-corrected chi connectivity index (χ2v) is 4.74. The number of nitrogens with zero attached hydrogens (tertiary/aromatic N) is 5. The van der Waals surface area contributed by atoms with Gasteiger partial charge in [-0.15, -0.1) is 10.2 Å². The Hall–Kier alpha value is -2.77. The van der Waals surface area contributed by atoms with E-state index in [2.05, 4.69) is 27.6 Å². The van der Waals surface area contributed by atoms with Crippen molar-refractivity contribution in [2.24, 2.45) is 10.2 Å². The highest BCUT2D eigenvalue weighted by molar-refractivity contribution is 5.78. The zero-order valence-electron chi connectivity index (χ0n) is 11.5. The van der Waals surface area contributed by atoms with E-state index in [1.807, 2.05) is 4.68 Å². The van der Waals surface area contributed by atoms with Crippen molar-refractivity contribution in [1.82, 2.24) is 9.78 Å². The number of hydrogen-bond donors (Lipinski definition) is 1. The Labute approximate surface area is 120 Å². The highest BCUT2D eigenvalue weighted by atomic mass is 16.6. The fourth-order valence-electron chi connectivity index (χ4n) is 2.11. The topological polar surface area (TPSA) is 97.7 Å². The van der Waals surface area contributed by atoms with Gasteiger partial charge in [0.25, 0.3) is 5.69 Å². The maximum absolute atomic E-state index is 10.8. The predicted molar refractivity (Wildman–Crippen MR) is 77.7 cm³/mol. The third-order valence-electron chi connectivity index (χ3n) is 3.25. The number of aromatic nitrogens is 2. The number of nitro benzene ring substituents is 1. The van der Waals surface area contributed by atoms with E-state index in [9.17, 15) is 10.1 Å². The number of fused-ring (bicyclic) bond motifs is 2. The molecule has 8 nitrogen and oxygen atoms in total. The highest BCUT2D eigenvalue weighted by Gasteiger charge is 2.18. The first-order chi connectivity index (χ1) is 10.2. The molecule has 1 N–H and O–H groups in total. The zero-order valence-corrected chi connectivity index (χ0v) is 11.5. The normalized spacial score (nSPS) is 12.2. The Morgan fingerprint density at radius 3 is 2.90 bits per heavy atom. The molecule has 2 heterocycles. The standard InChI is InChI=1S/C13H14N6O2/c1-2-3-6-18-13-12(8-14-18)17-16-11-7-9(19(20)21)4-5-10(11)15-13/h4-5,7-8,15H,2-3,6H2,1H3. The summed E-state index contributed by atoms with van der Waals surface area (Å²) in [5.41, 5.74) is 1.75. The zero-order chi connectivity index (χ0) is 14.8. The van der Waals surface area contributed by atoms with Crippen molar-refractivity contribution in [3.8, 4) is 0 Å². The summed E-state index contributed by atoms with van der Waals surface area (Å²) < 4.78 is 1.84. The Kier molecular flexibility index (Phi) is 3.35. The third kappa shape index (κ3) is 2.47. The van der Waals surface area contributed by atoms with Crippen LogP contribution in [0.4, 0.5) is 28.6 Å². The minimum Gasteiger partial charge on any atom is -0.337 e. The molecule has 0 aliphatic carbocycles. The number of nitrogens with one attached hydrogen (secondary N) is 1.